The molecule has 8 heteroatoms. The molecule has 2 saturated heterocycles. The average molecular weight is 486 g/mol. The molecule has 2 aromatic carbocycles. The summed E-state index contributed by atoms with van der Waals surface area (Å²) in [6, 6.07) is 14.1. The molecule has 2 heterocycles. The monoisotopic (exact) mass is 485 g/mol. The van der Waals surface area contributed by atoms with E-state index in [1.54, 1.807) is 17.0 Å². The van der Waals surface area contributed by atoms with E-state index in [4.69, 9.17) is 4.74 Å². The number of benzene rings is 2. The number of anilines is 1. The quantitative estimate of drug-likeness (QED) is 0.655. The second kappa shape index (κ2) is 10.5. The second-order valence-corrected chi connectivity index (χ2v) is 10.2. The van der Waals surface area contributed by atoms with E-state index in [-0.39, 0.29) is 24.9 Å². The van der Waals surface area contributed by atoms with Crippen LogP contribution in [0.25, 0.3) is 0 Å². The Hall–Kier alpha value is -2.68. The topological polar surface area (TPSA) is 76.5 Å². The molecule has 0 spiro atoms. The van der Waals surface area contributed by atoms with E-state index in [9.17, 15) is 19.4 Å². The van der Waals surface area contributed by atoms with Crippen LogP contribution in [0.5, 0.6) is 5.75 Å². The number of ether oxygens (including phenoxy) is 1. The number of piperidine rings is 1. The first-order valence-corrected chi connectivity index (χ1v) is 12.3. The molecule has 2 aliphatic rings. The summed E-state index contributed by atoms with van der Waals surface area (Å²) in [5, 5.41) is 22.9. The Kier molecular flexibility index (Phi) is 7.64. The summed E-state index contributed by atoms with van der Waals surface area (Å²) in [7, 11) is 0. The Balaban J connectivity index is 1.40. The zero-order valence-corrected chi connectivity index (χ0v) is 20.6. The molecule has 2 aromatic rings. The van der Waals surface area contributed by atoms with Crippen molar-refractivity contribution in [1.82, 2.24) is 9.80 Å². The molecule has 4 rings (SSSR count). The van der Waals surface area contributed by atoms with Crippen molar-refractivity contribution in [3.63, 3.8) is 0 Å². The van der Waals surface area contributed by atoms with Crippen molar-refractivity contribution >= 4 is 11.6 Å². The third-order valence-electron chi connectivity index (χ3n) is 7.07. The Labute approximate surface area is 206 Å². The fraction of sp³-hybridized carbons (Fsp3) is 0.519. The maximum absolute atomic E-state index is 13.3. The van der Waals surface area contributed by atoms with Crippen molar-refractivity contribution in [1.29, 1.82) is 0 Å². The van der Waals surface area contributed by atoms with Crippen LogP contribution < -0.4 is 9.64 Å². The highest BCUT2D eigenvalue weighted by Crippen LogP contribution is 2.29. The van der Waals surface area contributed by atoms with Crippen molar-refractivity contribution in [3.8, 4) is 5.75 Å². The van der Waals surface area contributed by atoms with E-state index in [0.717, 1.165) is 11.3 Å². The maximum Gasteiger partial charge on any atom is 0.219 e. The standard InChI is InChI=1S/C27H36FN3O4/c1-21-3-9-25(10-4-21)35-20-27(34)18-29(15-16-31(19-27)22(2)32)17-26(33)11-13-30(14-12-26)24-7-5-23(28)6-8-24/h3-10,33-34H,11-20H2,1-2H3. The zero-order chi connectivity index (χ0) is 25.1. The average Bonchev–Trinajstić information content (AvgIpc) is 2.98. The lowest BCUT2D eigenvalue weighted by molar-refractivity contribution is -0.132. The van der Waals surface area contributed by atoms with Crippen LogP contribution in [0.15, 0.2) is 48.5 Å². The van der Waals surface area contributed by atoms with Crippen molar-refractivity contribution < 1.29 is 24.1 Å². The fourth-order valence-corrected chi connectivity index (χ4v) is 5.00. The van der Waals surface area contributed by atoms with Gasteiger partial charge in [-0.25, -0.2) is 4.39 Å². The first-order chi connectivity index (χ1) is 16.6. The van der Waals surface area contributed by atoms with Gasteiger partial charge in [-0.15, -0.1) is 0 Å². The molecule has 0 bridgehead atoms. The Morgan fingerprint density at radius 3 is 2.23 bits per heavy atom. The van der Waals surface area contributed by atoms with Gasteiger partial charge in [0.15, 0.2) is 0 Å². The molecule has 0 aromatic heterocycles. The van der Waals surface area contributed by atoms with E-state index in [1.807, 2.05) is 31.2 Å². The highest BCUT2D eigenvalue weighted by molar-refractivity contribution is 5.73. The van der Waals surface area contributed by atoms with Crippen LogP contribution in [0.4, 0.5) is 10.1 Å². The first kappa shape index (κ1) is 25.4. The van der Waals surface area contributed by atoms with Gasteiger partial charge in [-0.1, -0.05) is 17.7 Å². The number of β-amino-alcohol motifs (C(OH)–C–C–N with tert-alkyl or cyclic N) is 2. The molecule has 1 amide bonds. The smallest absolute Gasteiger partial charge is 0.219 e. The summed E-state index contributed by atoms with van der Waals surface area (Å²) in [5.74, 6) is 0.315. The molecule has 35 heavy (non-hydrogen) atoms. The molecule has 1 atom stereocenters. The Morgan fingerprint density at radius 1 is 0.943 bits per heavy atom. The molecule has 0 saturated carbocycles. The van der Waals surface area contributed by atoms with Crippen LogP contribution in [0.3, 0.4) is 0 Å². The van der Waals surface area contributed by atoms with E-state index in [2.05, 4.69) is 9.80 Å². The van der Waals surface area contributed by atoms with Crippen LogP contribution in [-0.4, -0.2) is 89.5 Å². The maximum atomic E-state index is 13.3. The van der Waals surface area contributed by atoms with Gasteiger partial charge in [-0.2, -0.15) is 0 Å². The first-order valence-electron chi connectivity index (χ1n) is 12.3. The number of hydrogen-bond acceptors (Lipinski definition) is 6. The van der Waals surface area contributed by atoms with Crippen molar-refractivity contribution in [2.45, 2.75) is 37.9 Å². The summed E-state index contributed by atoms with van der Waals surface area (Å²) < 4.78 is 19.2. The van der Waals surface area contributed by atoms with Crippen LogP contribution in [0, 0.1) is 12.7 Å². The third kappa shape index (κ3) is 6.72. The SMILES string of the molecule is CC(=O)N1CCN(CC2(O)CCN(c3ccc(F)cc3)CC2)CC(O)(COc2ccc(C)cc2)C1. The number of nitrogens with zero attached hydrogens (tertiary/aromatic N) is 3. The summed E-state index contributed by atoms with van der Waals surface area (Å²) in [6.07, 6.45) is 1.13. The van der Waals surface area contributed by atoms with Gasteiger partial charge in [0.05, 0.1) is 12.1 Å². The molecular weight excluding hydrogens is 449 g/mol. The highest BCUT2D eigenvalue weighted by atomic mass is 19.1. The number of rotatable bonds is 6. The van der Waals surface area contributed by atoms with Crippen molar-refractivity contribution in [2.75, 3.05) is 57.3 Å². The molecule has 0 radical (unpaired) electrons. The van der Waals surface area contributed by atoms with E-state index < -0.39 is 11.2 Å². The predicted molar refractivity (Wildman–Crippen MR) is 133 cm³/mol. The fourth-order valence-electron chi connectivity index (χ4n) is 5.00. The molecule has 0 aliphatic carbocycles. The van der Waals surface area contributed by atoms with Gasteiger partial charge in [0.25, 0.3) is 0 Å². The molecule has 2 aliphatic heterocycles. The number of halogens is 1. The summed E-state index contributed by atoms with van der Waals surface area (Å²) >= 11 is 0. The summed E-state index contributed by atoms with van der Waals surface area (Å²) in [5.41, 5.74) is -0.0973. The van der Waals surface area contributed by atoms with Gasteiger partial charge in [-0.05, 0) is 56.2 Å². The zero-order valence-electron chi connectivity index (χ0n) is 20.6. The summed E-state index contributed by atoms with van der Waals surface area (Å²) in [4.78, 5) is 18.0. The molecule has 7 nitrogen and oxygen atoms in total. The Morgan fingerprint density at radius 2 is 1.60 bits per heavy atom. The number of hydrogen-bond donors (Lipinski definition) is 2. The van der Waals surface area contributed by atoms with E-state index >= 15 is 0 Å². The van der Waals surface area contributed by atoms with E-state index in [1.165, 1.54) is 19.1 Å². The molecular formula is C27H36FN3O4. The van der Waals surface area contributed by atoms with Gasteiger partial charge < -0.3 is 24.7 Å². The summed E-state index contributed by atoms with van der Waals surface area (Å²) in [6.45, 7) is 6.82. The number of amides is 1. The van der Waals surface area contributed by atoms with E-state index in [0.29, 0.717) is 57.9 Å². The van der Waals surface area contributed by atoms with Gasteiger partial charge in [0, 0.05) is 51.9 Å². The minimum absolute atomic E-state index is 0.0487. The number of aryl methyl sites for hydroxylation is 1. The second-order valence-electron chi connectivity index (χ2n) is 10.2. The molecule has 190 valence electrons. The number of aliphatic hydroxyl groups is 2. The molecule has 2 fully saturated rings. The van der Waals surface area contributed by atoms with Gasteiger partial charge >= 0.3 is 0 Å². The predicted octanol–water partition coefficient (Wildman–Crippen LogP) is 2.44. The minimum Gasteiger partial charge on any atom is -0.490 e. The van der Waals surface area contributed by atoms with Crippen LogP contribution >= 0.6 is 0 Å². The number of carbonyl (C=O) groups excluding carboxylic acids is 1. The lowest BCUT2D eigenvalue weighted by Gasteiger charge is -2.42. The van der Waals surface area contributed by atoms with Crippen LogP contribution in [0.2, 0.25) is 0 Å². The van der Waals surface area contributed by atoms with Gasteiger partial charge in [0.1, 0.15) is 23.8 Å². The lowest BCUT2D eigenvalue weighted by Crippen LogP contribution is -2.55. The molecule has 1 unspecified atom stereocenters. The largest absolute Gasteiger partial charge is 0.490 e. The highest BCUT2D eigenvalue weighted by Gasteiger charge is 2.40. The van der Waals surface area contributed by atoms with Crippen LogP contribution in [0.1, 0.15) is 25.3 Å². The normalized spacial score (nSPS) is 23.1. The minimum atomic E-state index is -1.27. The Bertz CT molecular complexity index is 992. The van der Waals surface area contributed by atoms with Crippen molar-refractivity contribution in [2.24, 2.45) is 0 Å². The van der Waals surface area contributed by atoms with Gasteiger partial charge in [0.2, 0.25) is 5.91 Å². The lowest BCUT2D eigenvalue weighted by atomic mass is 9.90. The van der Waals surface area contributed by atoms with Crippen molar-refractivity contribution in [3.05, 3.63) is 59.9 Å². The third-order valence-corrected chi connectivity index (χ3v) is 7.07. The molecule has 2 N–H and O–H groups in total. The number of carbonyl (C=O) groups is 1. The van der Waals surface area contributed by atoms with Gasteiger partial charge in [-0.3, -0.25) is 9.69 Å². The van der Waals surface area contributed by atoms with Crippen LogP contribution in [-0.2, 0) is 4.79 Å².